The van der Waals surface area contributed by atoms with E-state index in [-0.39, 0.29) is 6.10 Å². The highest BCUT2D eigenvalue weighted by Gasteiger charge is 2.15. The summed E-state index contributed by atoms with van der Waals surface area (Å²) in [6.07, 6.45) is 7.89. The molecule has 0 rings (SSSR count). The predicted molar refractivity (Wildman–Crippen MR) is 73.9 cm³/mol. The maximum Gasteiger partial charge on any atom is 0.397 e. The Balaban J connectivity index is 3.91. The van der Waals surface area contributed by atoms with Gasteiger partial charge in [-0.15, -0.1) is 0 Å². The summed E-state index contributed by atoms with van der Waals surface area (Å²) in [4.78, 5) is 0. The van der Waals surface area contributed by atoms with Gasteiger partial charge in [0.2, 0.25) is 0 Å². The van der Waals surface area contributed by atoms with Gasteiger partial charge in [0, 0.05) is 0 Å². The molecule has 0 aromatic carbocycles. The van der Waals surface area contributed by atoms with Crippen LogP contribution >= 0.6 is 0 Å². The summed E-state index contributed by atoms with van der Waals surface area (Å²) in [6.45, 7) is 6.26. The molecule has 2 atom stereocenters. The normalized spacial score (nSPS) is 15.6. The van der Waals surface area contributed by atoms with Gasteiger partial charge in [0.15, 0.2) is 0 Å². The summed E-state index contributed by atoms with van der Waals surface area (Å²) in [5, 5.41) is 0. The molecule has 0 aliphatic heterocycles. The van der Waals surface area contributed by atoms with E-state index in [1.54, 1.807) is 0 Å². The average Bonchev–Trinajstić information content (AvgIpc) is 2.30. The van der Waals surface area contributed by atoms with E-state index in [2.05, 4.69) is 18.0 Å². The highest BCUT2D eigenvalue weighted by Crippen LogP contribution is 2.21. The molecule has 0 radical (unpaired) electrons. The molecule has 110 valence electrons. The molecule has 0 amide bonds. The summed E-state index contributed by atoms with van der Waals surface area (Å²) in [5.74, 6) is 0.730. The Labute approximate surface area is 112 Å². The predicted octanol–water partition coefficient (Wildman–Crippen LogP) is 3.97. The Kier molecular flexibility index (Phi) is 9.68. The Morgan fingerprint density at radius 2 is 1.61 bits per heavy atom. The summed E-state index contributed by atoms with van der Waals surface area (Å²) in [7, 11) is -4.31. The molecular weight excluding hydrogens is 252 g/mol. The van der Waals surface area contributed by atoms with Crippen molar-refractivity contribution in [2.75, 3.05) is 0 Å². The van der Waals surface area contributed by atoms with Crippen LogP contribution in [-0.2, 0) is 14.6 Å². The molecule has 0 spiro atoms. The van der Waals surface area contributed by atoms with Crippen LogP contribution in [0, 0.1) is 5.92 Å². The zero-order valence-corrected chi connectivity index (χ0v) is 12.7. The summed E-state index contributed by atoms with van der Waals surface area (Å²) in [5.41, 5.74) is 0. The number of hydrogen-bond donors (Lipinski definition) is 1. The fraction of sp³-hybridized carbons (Fsp3) is 1.00. The summed E-state index contributed by atoms with van der Waals surface area (Å²) >= 11 is 0. The van der Waals surface area contributed by atoms with Gasteiger partial charge in [-0.1, -0.05) is 59.3 Å². The third-order valence-electron chi connectivity index (χ3n) is 3.39. The van der Waals surface area contributed by atoms with Gasteiger partial charge in [-0.05, 0) is 18.8 Å². The van der Waals surface area contributed by atoms with E-state index in [4.69, 9.17) is 4.55 Å². The topological polar surface area (TPSA) is 63.6 Å². The van der Waals surface area contributed by atoms with Crippen molar-refractivity contribution >= 4 is 10.4 Å². The second kappa shape index (κ2) is 9.75. The van der Waals surface area contributed by atoms with Crippen molar-refractivity contribution in [3.8, 4) is 0 Å². The van der Waals surface area contributed by atoms with Crippen LogP contribution in [0.25, 0.3) is 0 Å². The van der Waals surface area contributed by atoms with Crippen molar-refractivity contribution in [2.24, 2.45) is 5.92 Å². The maximum atomic E-state index is 10.6. The Morgan fingerprint density at radius 1 is 1.00 bits per heavy atom. The molecule has 0 saturated heterocycles. The van der Waals surface area contributed by atoms with Gasteiger partial charge in [-0.25, -0.2) is 4.18 Å². The molecule has 2 unspecified atom stereocenters. The summed E-state index contributed by atoms with van der Waals surface area (Å²) in [6, 6.07) is 0. The van der Waals surface area contributed by atoms with Gasteiger partial charge in [0.05, 0.1) is 6.10 Å². The van der Waals surface area contributed by atoms with Crippen molar-refractivity contribution in [2.45, 2.75) is 78.2 Å². The molecule has 5 heteroatoms. The van der Waals surface area contributed by atoms with Crippen LogP contribution in [0.5, 0.6) is 0 Å². The quantitative estimate of drug-likeness (QED) is 0.582. The van der Waals surface area contributed by atoms with Crippen molar-refractivity contribution < 1.29 is 17.2 Å². The van der Waals surface area contributed by atoms with E-state index < -0.39 is 10.4 Å². The lowest BCUT2D eigenvalue weighted by Gasteiger charge is -2.17. The molecule has 0 heterocycles. The fourth-order valence-corrected chi connectivity index (χ4v) is 2.75. The number of unbranched alkanes of at least 4 members (excludes halogenated alkanes) is 1. The first-order chi connectivity index (χ1) is 8.42. The zero-order valence-electron chi connectivity index (χ0n) is 11.9. The standard InChI is InChI=1S/C13H28O4S/c1-4-7-9-12(5-2)10-8-11-13(6-3)17-18(14,15)16/h12-13H,4-11H2,1-3H3,(H,14,15,16). The molecule has 0 aromatic rings. The molecule has 0 saturated carbocycles. The van der Waals surface area contributed by atoms with Gasteiger partial charge < -0.3 is 0 Å². The third kappa shape index (κ3) is 9.85. The second-order valence-corrected chi connectivity index (χ2v) is 5.95. The van der Waals surface area contributed by atoms with Gasteiger partial charge >= 0.3 is 10.4 Å². The van der Waals surface area contributed by atoms with E-state index in [0.717, 1.165) is 18.8 Å². The van der Waals surface area contributed by atoms with Crippen LogP contribution in [0.4, 0.5) is 0 Å². The molecule has 0 aliphatic carbocycles. The van der Waals surface area contributed by atoms with Gasteiger partial charge in [-0.3, -0.25) is 4.55 Å². The average molecular weight is 280 g/mol. The molecule has 0 bridgehead atoms. The minimum atomic E-state index is -4.31. The smallest absolute Gasteiger partial charge is 0.264 e. The van der Waals surface area contributed by atoms with Crippen LogP contribution in [-0.4, -0.2) is 19.1 Å². The maximum absolute atomic E-state index is 10.6. The van der Waals surface area contributed by atoms with Gasteiger partial charge in [0.1, 0.15) is 0 Å². The van der Waals surface area contributed by atoms with Gasteiger partial charge in [-0.2, -0.15) is 8.42 Å². The van der Waals surface area contributed by atoms with Crippen LogP contribution in [0.15, 0.2) is 0 Å². The molecule has 18 heavy (non-hydrogen) atoms. The lowest BCUT2D eigenvalue weighted by molar-refractivity contribution is 0.163. The van der Waals surface area contributed by atoms with Crippen molar-refractivity contribution in [1.29, 1.82) is 0 Å². The zero-order chi connectivity index (χ0) is 14.0. The van der Waals surface area contributed by atoms with Crippen LogP contribution in [0.3, 0.4) is 0 Å². The first kappa shape index (κ1) is 17.9. The second-order valence-electron chi connectivity index (χ2n) is 4.90. The molecule has 1 N–H and O–H groups in total. The Bertz CT molecular complexity index is 287. The van der Waals surface area contributed by atoms with E-state index >= 15 is 0 Å². The third-order valence-corrected chi connectivity index (χ3v) is 3.91. The molecule has 0 fully saturated rings. The summed E-state index contributed by atoms with van der Waals surface area (Å²) < 4.78 is 34.5. The van der Waals surface area contributed by atoms with E-state index in [1.807, 2.05) is 6.92 Å². The highest BCUT2D eigenvalue weighted by atomic mass is 32.3. The van der Waals surface area contributed by atoms with Crippen molar-refractivity contribution in [1.82, 2.24) is 0 Å². The number of rotatable bonds is 11. The first-order valence-corrected chi connectivity index (χ1v) is 8.45. The largest absolute Gasteiger partial charge is 0.397 e. The van der Waals surface area contributed by atoms with Crippen LogP contribution < -0.4 is 0 Å². The fourth-order valence-electron chi connectivity index (χ4n) is 2.17. The van der Waals surface area contributed by atoms with Crippen LogP contribution in [0.1, 0.15) is 72.1 Å². The Hall–Kier alpha value is -0.130. The lowest BCUT2D eigenvalue weighted by atomic mass is 9.93. The van der Waals surface area contributed by atoms with E-state index in [9.17, 15) is 8.42 Å². The van der Waals surface area contributed by atoms with Gasteiger partial charge in [0.25, 0.3) is 0 Å². The van der Waals surface area contributed by atoms with Crippen LogP contribution in [0.2, 0.25) is 0 Å². The molecule has 4 nitrogen and oxygen atoms in total. The molecule has 0 aliphatic rings. The molecular formula is C13H28O4S. The van der Waals surface area contributed by atoms with Crippen molar-refractivity contribution in [3.05, 3.63) is 0 Å². The Morgan fingerprint density at radius 3 is 2.06 bits per heavy atom. The minimum Gasteiger partial charge on any atom is -0.264 e. The molecule has 0 aromatic heterocycles. The lowest BCUT2D eigenvalue weighted by Crippen LogP contribution is -2.17. The highest BCUT2D eigenvalue weighted by molar-refractivity contribution is 7.80. The van der Waals surface area contributed by atoms with Crippen molar-refractivity contribution in [3.63, 3.8) is 0 Å². The van der Waals surface area contributed by atoms with E-state index in [1.165, 1.54) is 25.7 Å². The SMILES string of the molecule is CCCCC(CC)CCCC(CC)OS(=O)(=O)O. The monoisotopic (exact) mass is 280 g/mol. The van der Waals surface area contributed by atoms with E-state index in [0.29, 0.717) is 12.8 Å². The minimum absolute atomic E-state index is 0.385. The number of hydrogen-bond acceptors (Lipinski definition) is 3. The first-order valence-electron chi connectivity index (χ1n) is 7.08.